The van der Waals surface area contributed by atoms with E-state index < -0.39 is 0 Å². The van der Waals surface area contributed by atoms with Gasteiger partial charge in [-0.25, -0.2) is 4.98 Å². The average molecular weight is 134 g/mol. The Kier molecular flexibility index (Phi) is 1.13. The lowest BCUT2D eigenvalue weighted by atomic mass is 10.1. The molecule has 0 saturated carbocycles. The first-order valence-electron chi connectivity index (χ1n) is 3.55. The molecule has 2 rings (SSSR count). The molecule has 1 aromatic heterocycles. The molecule has 0 radical (unpaired) electrons. The summed E-state index contributed by atoms with van der Waals surface area (Å²) in [5.41, 5.74) is 0. The normalized spacial score (nSPS) is 22.7. The first-order chi connectivity index (χ1) is 4.86. The summed E-state index contributed by atoms with van der Waals surface area (Å²) in [5.74, 6) is 1.74. The molecule has 0 aromatic carbocycles. The average Bonchev–Trinajstić information content (AvgIpc) is 2.33. The predicted octanol–water partition coefficient (Wildman–Crippen LogP) is 1.55. The van der Waals surface area contributed by atoms with Crippen molar-refractivity contribution < 1.29 is 0 Å². The van der Waals surface area contributed by atoms with Crippen molar-refractivity contribution in [2.75, 3.05) is 0 Å². The summed E-state index contributed by atoms with van der Waals surface area (Å²) in [4.78, 5) is 4.17. The van der Waals surface area contributed by atoms with E-state index in [1.54, 1.807) is 0 Å². The second kappa shape index (κ2) is 1.97. The molecular formula is C8H10N2. The number of fused-ring (bicyclic) bond motifs is 1. The molecule has 1 atom stereocenters. The van der Waals surface area contributed by atoms with Crippen LogP contribution in [0.25, 0.3) is 6.08 Å². The molecule has 2 heterocycles. The van der Waals surface area contributed by atoms with Crippen LogP contribution in [0, 0.1) is 5.92 Å². The summed E-state index contributed by atoms with van der Waals surface area (Å²) < 4.78 is 2.17. The summed E-state index contributed by atoms with van der Waals surface area (Å²) in [5, 5.41) is 0. The van der Waals surface area contributed by atoms with Crippen molar-refractivity contribution in [1.29, 1.82) is 0 Å². The second-order valence-electron chi connectivity index (χ2n) is 2.77. The zero-order valence-corrected chi connectivity index (χ0v) is 5.99. The molecule has 0 aliphatic carbocycles. The molecule has 10 heavy (non-hydrogen) atoms. The maximum absolute atomic E-state index is 4.17. The molecule has 1 aliphatic rings. The monoisotopic (exact) mass is 134 g/mol. The van der Waals surface area contributed by atoms with E-state index in [4.69, 9.17) is 0 Å². The zero-order chi connectivity index (χ0) is 6.97. The van der Waals surface area contributed by atoms with E-state index >= 15 is 0 Å². The number of hydrogen-bond donors (Lipinski definition) is 0. The van der Waals surface area contributed by atoms with Gasteiger partial charge in [0.1, 0.15) is 5.82 Å². The van der Waals surface area contributed by atoms with Crippen molar-refractivity contribution in [3.8, 4) is 0 Å². The van der Waals surface area contributed by atoms with E-state index in [9.17, 15) is 0 Å². The molecule has 1 aromatic rings. The van der Waals surface area contributed by atoms with Crippen LogP contribution in [-0.4, -0.2) is 9.55 Å². The predicted molar refractivity (Wildman–Crippen MR) is 40.4 cm³/mol. The number of allylic oxidation sites excluding steroid dienone is 1. The zero-order valence-electron chi connectivity index (χ0n) is 5.99. The lowest BCUT2D eigenvalue weighted by Crippen LogP contribution is -2.09. The Labute approximate surface area is 60.2 Å². The van der Waals surface area contributed by atoms with Crippen molar-refractivity contribution in [2.24, 2.45) is 5.92 Å². The highest BCUT2D eigenvalue weighted by atomic mass is 15.1. The van der Waals surface area contributed by atoms with Gasteiger partial charge in [0, 0.05) is 18.9 Å². The van der Waals surface area contributed by atoms with Crippen LogP contribution in [0.1, 0.15) is 12.7 Å². The number of hydrogen-bond acceptors (Lipinski definition) is 1. The third-order valence-electron chi connectivity index (χ3n) is 1.81. The molecule has 52 valence electrons. The van der Waals surface area contributed by atoms with E-state index in [2.05, 4.69) is 28.6 Å². The Morgan fingerprint density at radius 3 is 3.50 bits per heavy atom. The summed E-state index contributed by atoms with van der Waals surface area (Å²) in [7, 11) is 0. The Morgan fingerprint density at radius 2 is 2.60 bits per heavy atom. The van der Waals surface area contributed by atoms with Crippen LogP contribution in [0.5, 0.6) is 0 Å². The fraction of sp³-hybridized carbons (Fsp3) is 0.375. The van der Waals surface area contributed by atoms with Crippen LogP contribution in [0.15, 0.2) is 18.5 Å². The lowest BCUT2D eigenvalue weighted by molar-refractivity contribution is 0.556. The second-order valence-corrected chi connectivity index (χ2v) is 2.77. The van der Waals surface area contributed by atoms with E-state index in [0.717, 1.165) is 12.4 Å². The van der Waals surface area contributed by atoms with Gasteiger partial charge in [0.2, 0.25) is 0 Å². The van der Waals surface area contributed by atoms with Crippen molar-refractivity contribution >= 4 is 6.08 Å². The van der Waals surface area contributed by atoms with Crippen molar-refractivity contribution in [2.45, 2.75) is 13.5 Å². The third kappa shape index (κ3) is 0.764. The summed E-state index contributed by atoms with van der Waals surface area (Å²) >= 11 is 0. The van der Waals surface area contributed by atoms with Crippen LogP contribution >= 0.6 is 0 Å². The minimum absolute atomic E-state index is 0.654. The van der Waals surface area contributed by atoms with Crippen molar-refractivity contribution in [3.63, 3.8) is 0 Å². The standard InChI is InChI=1S/C8H10N2/c1-7-2-3-8-9-4-5-10(8)6-7/h2-5,7H,6H2,1H3. The van der Waals surface area contributed by atoms with Gasteiger partial charge in [0.05, 0.1) is 0 Å². The van der Waals surface area contributed by atoms with Crippen molar-refractivity contribution in [3.05, 3.63) is 24.3 Å². The minimum Gasteiger partial charge on any atom is -0.331 e. The van der Waals surface area contributed by atoms with Gasteiger partial charge >= 0.3 is 0 Å². The number of rotatable bonds is 0. The molecule has 0 fully saturated rings. The lowest BCUT2D eigenvalue weighted by Gasteiger charge is -2.13. The first-order valence-corrected chi connectivity index (χ1v) is 3.55. The molecule has 2 nitrogen and oxygen atoms in total. The topological polar surface area (TPSA) is 17.8 Å². The molecule has 0 bridgehead atoms. The molecule has 1 unspecified atom stereocenters. The Hall–Kier alpha value is -1.05. The van der Waals surface area contributed by atoms with Crippen LogP contribution in [-0.2, 0) is 6.54 Å². The van der Waals surface area contributed by atoms with Crippen LogP contribution in [0.3, 0.4) is 0 Å². The fourth-order valence-corrected chi connectivity index (χ4v) is 1.26. The van der Waals surface area contributed by atoms with Crippen molar-refractivity contribution in [1.82, 2.24) is 9.55 Å². The van der Waals surface area contributed by atoms with Gasteiger partial charge in [-0.2, -0.15) is 0 Å². The van der Waals surface area contributed by atoms with Gasteiger partial charge in [0.25, 0.3) is 0 Å². The van der Waals surface area contributed by atoms with Crippen LogP contribution < -0.4 is 0 Å². The summed E-state index contributed by atoms with van der Waals surface area (Å²) in [6.45, 7) is 3.28. The molecule has 1 aliphatic heterocycles. The Morgan fingerprint density at radius 1 is 1.70 bits per heavy atom. The molecule has 2 heteroatoms. The van der Waals surface area contributed by atoms with Gasteiger partial charge in [-0.3, -0.25) is 0 Å². The fourth-order valence-electron chi connectivity index (χ4n) is 1.26. The van der Waals surface area contributed by atoms with Gasteiger partial charge in [-0.15, -0.1) is 0 Å². The van der Waals surface area contributed by atoms with E-state index in [1.807, 2.05) is 12.4 Å². The molecule has 0 saturated heterocycles. The molecule has 0 N–H and O–H groups in total. The quantitative estimate of drug-likeness (QED) is 0.526. The van der Waals surface area contributed by atoms with Crippen LogP contribution in [0.4, 0.5) is 0 Å². The smallest absolute Gasteiger partial charge is 0.132 e. The van der Waals surface area contributed by atoms with Gasteiger partial charge in [-0.05, 0) is 12.0 Å². The van der Waals surface area contributed by atoms with E-state index in [0.29, 0.717) is 5.92 Å². The highest BCUT2D eigenvalue weighted by molar-refractivity contribution is 5.42. The number of nitrogens with zero attached hydrogens (tertiary/aromatic N) is 2. The largest absolute Gasteiger partial charge is 0.331 e. The van der Waals surface area contributed by atoms with E-state index in [1.165, 1.54) is 0 Å². The minimum atomic E-state index is 0.654. The summed E-state index contributed by atoms with van der Waals surface area (Å²) in [6.07, 6.45) is 8.14. The number of imidazole rings is 1. The van der Waals surface area contributed by atoms with Gasteiger partial charge in [0.15, 0.2) is 0 Å². The Balaban J connectivity index is 2.43. The highest BCUT2D eigenvalue weighted by Gasteiger charge is 2.07. The maximum atomic E-state index is 4.17. The maximum Gasteiger partial charge on any atom is 0.132 e. The third-order valence-corrected chi connectivity index (χ3v) is 1.81. The number of aromatic nitrogens is 2. The molecule has 0 amide bonds. The molecular weight excluding hydrogens is 124 g/mol. The summed E-state index contributed by atoms with van der Waals surface area (Å²) in [6, 6.07) is 0. The van der Waals surface area contributed by atoms with Crippen LogP contribution in [0.2, 0.25) is 0 Å². The van der Waals surface area contributed by atoms with E-state index in [-0.39, 0.29) is 0 Å². The van der Waals surface area contributed by atoms with Gasteiger partial charge in [-0.1, -0.05) is 13.0 Å². The first kappa shape index (κ1) is 5.71. The van der Waals surface area contributed by atoms with Gasteiger partial charge < -0.3 is 4.57 Å². The Bertz CT molecular complexity index is 260. The SMILES string of the molecule is CC1C=Cc2nccn2C1. The highest BCUT2D eigenvalue weighted by Crippen LogP contribution is 2.13. The molecule has 0 spiro atoms.